The van der Waals surface area contributed by atoms with Crippen molar-refractivity contribution in [3.8, 4) is 0 Å². The predicted molar refractivity (Wildman–Crippen MR) is 39.4 cm³/mol. The van der Waals surface area contributed by atoms with Gasteiger partial charge in [0.1, 0.15) is 0 Å². The lowest BCUT2D eigenvalue weighted by Crippen LogP contribution is -2.19. The Morgan fingerprint density at radius 1 is 1.70 bits per heavy atom. The van der Waals surface area contributed by atoms with E-state index in [2.05, 4.69) is 11.9 Å². The van der Waals surface area contributed by atoms with E-state index in [-0.39, 0.29) is 5.91 Å². The van der Waals surface area contributed by atoms with Gasteiger partial charge >= 0.3 is 0 Å². The van der Waals surface area contributed by atoms with Crippen LogP contribution in [0.25, 0.3) is 0 Å². The monoisotopic (exact) mass is 143 g/mol. The van der Waals surface area contributed by atoms with Gasteiger partial charge in [-0.25, -0.2) is 0 Å². The molecule has 3 nitrogen and oxygen atoms in total. The third-order valence-corrected chi connectivity index (χ3v) is 0.956. The first kappa shape index (κ1) is 9.01. The molecule has 0 heterocycles. The highest BCUT2D eigenvalue weighted by Crippen LogP contribution is 1.91. The van der Waals surface area contributed by atoms with Gasteiger partial charge in [-0.05, 0) is 6.92 Å². The van der Waals surface area contributed by atoms with Gasteiger partial charge in [-0.3, -0.25) is 4.79 Å². The highest BCUT2D eigenvalue weighted by Gasteiger charge is 1.95. The van der Waals surface area contributed by atoms with Crippen molar-refractivity contribution in [2.75, 3.05) is 13.7 Å². The van der Waals surface area contributed by atoms with Crippen LogP contribution in [0.1, 0.15) is 13.3 Å². The molecule has 0 aliphatic heterocycles. The standard InChI is InChI=1S/C7H13NO2/c1-6(2)10-5-4-7(9)8-3/h1,4-5H2,2-3H3,(H,8,9). The normalized spacial score (nSPS) is 8.60. The molecule has 10 heavy (non-hydrogen) atoms. The average molecular weight is 143 g/mol. The Hall–Kier alpha value is -0.990. The minimum absolute atomic E-state index is 0.0127. The van der Waals surface area contributed by atoms with Gasteiger partial charge in [0.25, 0.3) is 0 Å². The van der Waals surface area contributed by atoms with E-state index in [9.17, 15) is 4.79 Å². The van der Waals surface area contributed by atoms with Gasteiger partial charge in [0.2, 0.25) is 5.91 Å². The maximum atomic E-state index is 10.6. The number of ether oxygens (including phenoxy) is 1. The molecule has 0 fully saturated rings. The SMILES string of the molecule is C=C(C)OCCC(=O)NC. The molecule has 0 saturated carbocycles. The fraction of sp³-hybridized carbons (Fsp3) is 0.571. The van der Waals surface area contributed by atoms with E-state index in [1.165, 1.54) is 0 Å². The van der Waals surface area contributed by atoms with E-state index in [0.717, 1.165) is 0 Å². The van der Waals surface area contributed by atoms with Crippen LogP contribution in [0, 0.1) is 0 Å². The van der Waals surface area contributed by atoms with Crippen LogP contribution >= 0.6 is 0 Å². The number of carbonyl (C=O) groups excluding carboxylic acids is 1. The minimum atomic E-state index is -0.0127. The Morgan fingerprint density at radius 3 is 2.70 bits per heavy atom. The average Bonchev–Trinajstić information content (AvgIpc) is 1.87. The molecule has 0 unspecified atom stereocenters. The Bertz CT molecular complexity index is 132. The summed E-state index contributed by atoms with van der Waals surface area (Å²) in [6.45, 7) is 5.69. The zero-order valence-corrected chi connectivity index (χ0v) is 6.44. The molecule has 3 heteroatoms. The summed E-state index contributed by atoms with van der Waals surface area (Å²) in [5.74, 6) is 0.630. The summed E-state index contributed by atoms with van der Waals surface area (Å²) < 4.78 is 4.96. The molecule has 0 aromatic rings. The molecule has 0 aliphatic rings. The molecule has 0 radical (unpaired) electrons. The molecule has 1 N–H and O–H groups in total. The first-order valence-electron chi connectivity index (χ1n) is 3.15. The Kier molecular flexibility index (Phi) is 4.37. The van der Waals surface area contributed by atoms with E-state index < -0.39 is 0 Å². The van der Waals surface area contributed by atoms with Crippen LogP contribution in [0.2, 0.25) is 0 Å². The molecule has 1 amide bonds. The van der Waals surface area contributed by atoms with Crippen molar-refractivity contribution in [3.05, 3.63) is 12.3 Å². The number of hydrogen-bond acceptors (Lipinski definition) is 2. The third-order valence-electron chi connectivity index (χ3n) is 0.956. The quantitative estimate of drug-likeness (QED) is 0.587. The largest absolute Gasteiger partial charge is 0.498 e. The summed E-state index contributed by atoms with van der Waals surface area (Å²) in [6, 6.07) is 0. The number of nitrogens with one attached hydrogen (secondary N) is 1. The summed E-state index contributed by atoms with van der Waals surface area (Å²) in [5, 5.41) is 2.49. The Labute approximate surface area is 61.1 Å². The molecule has 0 aromatic carbocycles. The van der Waals surface area contributed by atoms with Crippen LogP contribution < -0.4 is 5.32 Å². The molecule has 0 bridgehead atoms. The van der Waals surface area contributed by atoms with E-state index in [0.29, 0.717) is 18.8 Å². The van der Waals surface area contributed by atoms with E-state index in [1.54, 1.807) is 14.0 Å². The lowest BCUT2D eigenvalue weighted by Gasteiger charge is -2.02. The number of carbonyl (C=O) groups is 1. The van der Waals surface area contributed by atoms with Crippen LogP contribution in [0.15, 0.2) is 12.3 Å². The fourth-order valence-electron chi connectivity index (χ4n) is 0.443. The van der Waals surface area contributed by atoms with Crippen LogP contribution in [-0.2, 0) is 9.53 Å². The topological polar surface area (TPSA) is 38.3 Å². The summed E-state index contributed by atoms with van der Waals surface area (Å²) in [4.78, 5) is 10.6. The number of allylic oxidation sites excluding steroid dienone is 1. The molecule has 0 spiro atoms. The number of rotatable bonds is 4. The minimum Gasteiger partial charge on any atom is -0.498 e. The lowest BCUT2D eigenvalue weighted by molar-refractivity contribution is -0.121. The Balaban J connectivity index is 3.20. The van der Waals surface area contributed by atoms with Crippen LogP contribution in [0.3, 0.4) is 0 Å². The van der Waals surface area contributed by atoms with Gasteiger partial charge in [-0.15, -0.1) is 0 Å². The molecular weight excluding hydrogens is 130 g/mol. The zero-order valence-electron chi connectivity index (χ0n) is 6.44. The van der Waals surface area contributed by atoms with Crippen LogP contribution in [0.4, 0.5) is 0 Å². The van der Waals surface area contributed by atoms with Crippen molar-refractivity contribution in [2.45, 2.75) is 13.3 Å². The lowest BCUT2D eigenvalue weighted by atomic mass is 10.4. The van der Waals surface area contributed by atoms with Crippen molar-refractivity contribution >= 4 is 5.91 Å². The fourth-order valence-corrected chi connectivity index (χ4v) is 0.443. The van der Waals surface area contributed by atoms with E-state index in [4.69, 9.17) is 4.74 Å². The summed E-state index contributed by atoms with van der Waals surface area (Å²) in [5.41, 5.74) is 0. The van der Waals surface area contributed by atoms with Crippen LogP contribution in [-0.4, -0.2) is 19.6 Å². The molecule has 0 aliphatic carbocycles. The van der Waals surface area contributed by atoms with Crippen molar-refractivity contribution in [3.63, 3.8) is 0 Å². The van der Waals surface area contributed by atoms with Crippen LogP contribution in [0.5, 0.6) is 0 Å². The van der Waals surface area contributed by atoms with Crippen molar-refractivity contribution in [1.29, 1.82) is 0 Å². The van der Waals surface area contributed by atoms with Gasteiger partial charge in [-0.1, -0.05) is 6.58 Å². The van der Waals surface area contributed by atoms with Gasteiger partial charge in [0, 0.05) is 7.05 Å². The summed E-state index contributed by atoms with van der Waals surface area (Å²) in [6.07, 6.45) is 0.392. The second-order valence-corrected chi connectivity index (χ2v) is 1.97. The van der Waals surface area contributed by atoms with E-state index >= 15 is 0 Å². The van der Waals surface area contributed by atoms with Crippen molar-refractivity contribution in [1.82, 2.24) is 5.32 Å². The first-order chi connectivity index (χ1) is 4.66. The van der Waals surface area contributed by atoms with Gasteiger partial charge in [0.15, 0.2) is 0 Å². The molecule has 0 saturated heterocycles. The van der Waals surface area contributed by atoms with Gasteiger partial charge < -0.3 is 10.1 Å². The molecule has 0 atom stereocenters. The number of hydrogen-bond donors (Lipinski definition) is 1. The summed E-state index contributed by atoms with van der Waals surface area (Å²) in [7, 11) is 1.60. The number of amides is 1. The highest BCUT2D eigenvalue weighted by atomic mass is 16.5. The molecule has 58 valence electrons. The highest BCUT2D eigenvalue weighted by molar-refractivity contribution is 5.75. The second-order valence-electron chi connectivity index (χ2n) is 1.97. The first-order valence-corrected chi connectivity index (χ1v) is 3.15. The van der Waals surface area contributed by atoms with Gasteiger partial charge in [-0.2, -0.15) is 0 Å². The maximum Gasteiger partial charge on any atom is 0.223 e. The van der Waals surface area contributed by atoms with Crippen molar-refractivity contribution in [2.24, 2.45) is 0 Å². The molecule has 0 rings (SSSR count). The van der Waals surface area contributed by atoms with Crippen molar-refractivity contribution < 1.29 is 9.53 Å². The van der Waals surface area contributed by atoms with E-state index in [1.807, 2.05) is 0 Å². The predicted octanol–water partition coefficient (Wildman–Crippen LogP) is 0.673. The summed E-state index contributed by atoms with van der Waals surface area (Å²) >= 11 is 0. The molecule has 0 aromatic heterocycles. The zero-order chi connectivity index (χ0) is 7.98. The third kappa shape index (κ3) is 5.15. The maximum absolute atomic E-state index is 10.6. The Morgan fingerprint density at radius 2 is 2.30 bits per heavy atom. The second kappa shape index (κ2) is 4.85. The molecular formula is C7H13NO2. The van der Waals surface area contributed by atoms with Gasteiger partial charge in [0.05, 0.1) is 18.8 Å². The smallest absolute Gasteiger partial charge is 0.223 e.